The fourth-order valence-corrected chi connectivity index (χ4v) is 2.39. The van der Waals surface area contributed by atoms with Crippen LogP contribution in [-0.2, 0) is 0 Å². The molecule has 0 bridgehead atoms. The molecule has 0 fully saturated rings. The van der Waals surface area contributed by atoms with Crippen LogP contribution in [0.3, 0.4) is 0 Å². The predicted octanol–water partition coefficient (Wildman–Crippen LogP) is 2.40. The van der Waals surface area contributed by atoms with Gasteiger partial charge in [0.2, 0.25) is 0 Å². The number of hydrogen-bond acceptors (Lipinski definition) is 4. The fraction of sp³-hybridized carbons (Fsp3) is 0.357. The number of rotatable bonds is 3. The van der Waals surface area contributed by atoms with Gasteiger partial charge in [0.05, 0.1) is 30.3 Å². The van der Waals surface area contributed by atoms with Crippen LogP contribution in [0.15, 0.2) is 16.6 Å². The van der Waals surface area contributed by atoms with Crippen molar-refractivity contribution in [3.63, 3.8) is 0 Å². The number of benzene rings is 1. The van der Waals surface area contributed by atoms with Gasteiger partial charge in [-0.15, -0.1) is 6.42 Å². The minimum absolute atomic E-state index is 0.338. The van der Waals surface area contributed by atoms with Gasteiger partial charge in [-0.3, -0.25) is 5.32 Å². The molecule has 0 saturated carbocycles. The summed E-state index contributed by atoms with van der Waals surface area (Å²) < 4.78 is 12.0. The molecule has 1 aliphatic heterocycles. The zero-order valence-electron chi connectivity index (χ0n) is 10.3. The highest BCUT2D eigenvalue weighted by Crippen LogP contribution is 2.39. The molecule has 5 heteroatoms. The fourth-order valence-electron chi connectivity index (χ4n) is 1.82. The molecule has 1 unspecified atom stereocenters. The second-order valence-electron chi connectivity index (χ2n) is 4.03. The summed E-state index contributed by atoms with van der Waals surface area (Å²) in [5, 5.41) is 12.2. The van der Waals surface area contributed by atoms with E-state index in [-0.39, 0.29) is 0 Å². The molecular formula is C14H13BrN2O2. The molecular weight excluding hydrogens is 308 g/mol. The highest BCUT2D eigenvalue weighted by atomic mass is 79.9. The largest absolute Gasteiger partial charge is 0.490 e. The number of nitrogens with one attached hydrogen (secondary N) is 1. The number of nitrogens with zero attached hydrogens (tertiary/aromatic N) is 1. The van der Waals surface area contributed by atoms with Crippen molar-refractivity contribution in [1.29, 1.82) is 5.26 Å². The zero-order valence-corrected chi connectivity index (χ0v) is 11.9. The molecule has 0 radical (unpaired) electrons. The van der Waals surface area contributed by atoms with Gasteiger partial charge in [0, 0.05) is 6.42 Å². The topological polar surface area (TPSA) is 54.3 Å². The Hall–Kier alpha value is -1.69. The van der Waals surface area contributed by atoms with Crippen molar-refractivity contribution in [3.05, 3.63) is 22.2 Å². The lowest BCUT2D eigenvalue weighted by Gasteiger charge is -2.15. The molecule has 1 aromatic carbocycles. The lowest BCUT2D eigenvalue weighted by atomic mass is 10.1. The molecule has 1 heterocycles. The number of terminal acetylenes is 1. The van der Waals surface area contributed by atoms with Crippen molar-refractivity contribution in [2.45, 2.75) is 12.5 Å². The van der Waals surface area contributed by atoms with E-state index in [0.29, 0.717) is 31.3 Å². The molecule has 1 atom stereocenters. The van der Waals surface area contributed by atoms with Gasteiger partial charge < -0.3 is 9.47 Å². The minimum Gasteiger partial charge on any atom is -0.490 e. The monoisotopic (exact) mass is 320 g/mol. The molecule has 1 aromatic rings. The first-order chi connectivity index (χ1) is 9.26. The van der Waals surface area contributed by atoms with E-state index >= 15 is 0 Å². The number of ether oxygens (including phenoxy) is 2. The van der Waals surface area contributed by atoms with Crippen molar-refractivity contribution >= 4 is 15.9 Å². The Kier molecular flexibility index (Phi) is 4.68. The number of nitriles is 1. The Balaban J connectivity index is 2.32. The smallest absolute Gasteiger partial charge is 0.175 e. The van der Waals surface area contributed by atoms with Gasteiger partial charge in [-0.2, -0.15) is 5.26 Å². The SMILES string of the molecule is C#CCNC(C#N)c1cc(Br)c2c(c1)OCCCO2. The minimum atomic E-state index is -0.468. The molecule has 0 amide bonds. The highest BCUT2D eigenvalue weighted by Gasteiger charge is 2.19. The van der Waals surface area contributed by atoms with Gasteiger partial charge in [0.25, 0.3) is 0 Å². The van der Waals surface area contributed by atoms with Crippen LogP contribution in [0.4, 0.5) is 0 Å². The van der Waals surface area contributed by atoms with Crippen molar-refractivity contribution in [1.82, 2.24) is 5.32 Å². The lowest BCUT2D eigenvalue weighted by Crippen LogP contribution is -2.20. The van der Waals surface area contributed by atoms with Crippen LogP contribution >= 0.6 is 15.9 Å². The normalized spacial score (nSPS) is 14.9. The van der Waals surface area contributed by atoms with Crippen LogP contribution in [0, 0.1) is 23.7 Å². The van der Waals surface area contributed by atoms with Gasteiger partial charge >= 0.3 is 0 Å². The van der Waals surface area contributed by atoms with Crippen LogP contribution in [0.1, 0.15) is 18.0 Å². The number of fused-ring (bicyclic) bond motifs is 1. The summed E-state index contributed by atoms with van der Waals surface area (Å²) in [5.74, 6) is 3.81. The molecule has 0 aliphatic carbocycles. The van der Waals surface area contributed by atoms with E-state index in [1.54, 1.807) is 0 Å². The Labute approximate surface area is 120 Å². The molecule has 0 aromatic heterocycles. The molecule has 0 spiro atoms. The molecule has 4 nitrogen and oxygen atoms in total. The third-order valence-corrected chi connectivity index (χ3v) is 3.28. The van der Waals surface area contributed by atoms with Crippen LogP contribution < -0.4 is 14.8 Å². The Bertz CT molecular complexity index is 546. The third-order valence-electron chi connectivity index (χ3n) is 2.70. The second kappa shape index (κ2) is 6.47. The van der Waals surface area contributed by atoms with Gasteiger partial charge in [0.15, 0.2) is 11.5 Å². The first-order valence-electron chi connectivity index (χ1n) is 5.91. The molecule has 2 rings (SSSR count). The second-order valence-corrected chi connectivity index (χ2v) is 4.88. The summed E-state index contributed by atoms with van der Waals surface area (Å²) in [4.78, 5) is 0. The molecule has 19 heavy (non-hydrogen) atoms. The average Bonchev–Trinajstić information content (AvgIpc) is 2.65. The first kappa shape index (κ1) is 13.7. The van der Waals surface area contributed by atoms with Crippen LogP contribution in [-0.4, -0.2) is 19.8 Å². The zero-order chi connectivity index (χ0) is 13.7. The van der Waals surface area contributed by atoms with Crippen molar-refractivity contribution in [2.75, 3.05) is 19.8 Å². The Morgan fingerprint density at radius 3 is 2.95 bits per heavy atom. The van der Waals surface area contributed by atoms with E-state index < -0.39 is 6.04 Å². The molecule has 1 aliphatic rings. The van der Waals surface area contributed by atoms with Crippen molar-refractivity contribution in [3.8, 4) is 29.9 Å². The summed E-state index contributed by atoms with van der Waals surface area (Å²) >= 11 is 3.45. The number of halogens is 1. The Morgan fingerprint density at radius 2 is 2.21 bits per heavy atom. The van der Waals surface area contributed by atoms with E-state index in [4.69, 9.17) is 15.9 Å². The summed E-state index contributed by atoms with van der Waals surface area (Å²) in [7, 11) is 0. The Morgan fingerprint density at radius 1 is 1.42 bits per heavy atom. The van der Waals surface area contributed by atoms with Gasteiger partial charge in [-0.1, -0.05) is 5.92 Å². The molecule has 98 valence electrons. The third kappa shape index (κ3) is 3.20. The maximum Gasteiger partial charge on any atom is 0.175 e. The maximum absolute atomic E-state index is 9.19. The van der Waals surface area contributed by atoms with Crippen molar-refractivity contribution < 1.29 is 9.47 Å². The van der Waals surface area contributed by atoms with Crippen LogP contribution in [0.5, 0.6) is 11.5 Å². The molecule has 1 N–H and O–H groups in total. The maximum atomic E-state index is 9.19. The summed E-state index contributed by atoms with van der Waals surface area (Å²) in [5.41, 5.74) is 0.800. The van der Waals surface area contributed by atoms with Gasteiger partial charge in [0.1, 0.15) is 6.04 Å². The summed E-state index contributed by atoms with van der Waals surface area (Å²) in [6, 6.07) is 5.39. The van der Waals surface area contributed by atoms with Gasteiger partial charge in [-0.25, -0.2) is 0 Å². The summed E-state index contributed by atoms with van der Waals surface area (Å²) in [6.07, 6.45) is 6.04. The number of hydrogen-bond donors (Lipinski definition) is 1. The van der Waals surface area contributed by atoms with Crippen LogP contribution in [0.25, 0.3) is 0 Å². The predicted molar refractivity (Wildman–Crippen MR) is 74.9 cm³/mol. The van der Waals surface area contributed by atoms with E-state index in [1.807, 2.05) is 12.1 Å². The first-order valence-corrected chi connectivity index (χ1v) is 6.71. The highest BCUT2D eigenvalue weighted by molar-refractivity contribution is 9.10. The van der Waals surface area contributed by atoms with E-state index in [2.05, 4.69) is 33.2 Å². The van der Waals surface area contributed by atoms with Crippen molar-refractivity contribution in [2.24, 2.45) is 0 Å². The van der Waals surface area contributed by atoms with E-state index in [0.717, 1.165) is 16.5 Å². The van der Waals surface area contributed by atoms with E-state index in [1.165, 1.54) is 0 Å². The average molecular weight is 321 g/mol. The van der Waals surface area contributed by atoms with Gasteiger partial charge in [-0.05, 0) is 33.6 Å². The van der Waals surface area contributed by atoms with Crippen LogP contribution in [0.2, 0.25) is 0 Å². The molecule has 0 saturated heterocycles. The quantitative estimate of drug-likeness (QED) is 0.869. The summed E-state index contributed by atoms with van der Waals surface area (Å²) in [6.45, 7) is 1.57. The van der Waals surface area contributed by atoms with E-state index in [9.17, 15) is 5.26 Å². The standard InChI is InChI=1S/C14H13BrN2O2/c1-2-4-17-12(9-16)10-7-11(15)14-13(8-10)18-5-3-6-19-14/h1,7-8,12,17H,3-6H2. The lowest BCUT2D eigenvalue weighted by molar-refractivity contribution is 0.296.